The lowest BCUT2D eigenvalue weighted by atomic mass is 10.1. The summed E-state index contributed by atoms with van der Waals surface area (Å²) in [4.78, 5) is 4.26. The number of aromatic nitrogens is 1. The van der Waals surface area contributed by atoms with Crippen molar-refractivity contribution < 1.29 is 17.9 Å². The Hall–Kier alpha value is -1.98. The Bertz CT molecular complexity index is 623. The Balaban J connectivity index is 2.51. The zero-order chi connectivity index (χ0) is 14.2. The SMILES string of the molecule is Cc1nc2c(OCC(F)(F)F)cccc2c(N)c1C. The number of nitrogen functional groups attached to an aromatic ring is 1. The van der Waals surface area contributed by atoms with Crippen molar-refractivity contribution in [1.82, 2.24) is 4.98 Å². The number of anilines is 1. The molecule has 0 bridgehead atoms. The van der Waals surface area contributed by atoms with E-state index in [9.17, 15) is 13.2 Å². The molecule has 0 aliphatic heterocycles. The quantitative estimate of drug-likeness (QED) is 0.910. The minimum Gasteiger partial charge on any atom is -0.482 e. The van der Waals surface area contributed by atoms with Crippen LogP contribution in [0.15, 0.2) is 18.2 Å². The first-order valence-corrected chi connectivity index (χ1v) is 5.64. The van der Waals surface area contributed by atoms with E-state index >= 15 is 0 Å². The molecule has 2 N–H and O–H groups in total. The van der Waals surface area contributed by atoms with E-state index in [0.29, 0.717) is 22.3 Å². The second kappa shape index (κ2) is 4.60. The second-order valence-corrected chi connectivity index (χ2v) is 4.29. The number of benzene rings is 1. The van der Waals surface area contributed by atoms with Crippen LogP contribution in [0.3, 0.4) is 0 Å². The van der Waals surface area contributed by atoms with E-state index in [4.69, 9.17) is 10.5 Å². The van der Waals surface area contributed by atoms with Crippen LogP contribution in [-0.2, 0) is 0 Å². The van der Waals surface area contributed by atoms with Gasteiger partial charge in [-0.2, -0.15) is 13.2 Å². The van der Waals surface area contributed by atoms with Gasteiger partial charge in [0.25, 0.3) is 0 Å². The maximum Gasteiger partial charge on any atom is 0.422 e. The first-order chi connectivity index (χ1) is 8.79. The highest BCUT2D eigenvalue weighted by Gasteiger charge is 2.28. The van der Waals surface area contributed by atoms with Gasteiger partial charge in [0, 0.05) is 16.8 Å². The van der Waals surface area contributed by atoms with Crippen molar-refractivity contribution in [1.29, 1.82) is 0 Å². The Morgan fingerprint density at radius 1 is 1.26 bits per heavy atom. The van der Waals surface area contributed by atoms with Crippen molar-refractivity contribution in [3.05, 3.63) is 29.5 Å². The number of para-hydroxylation sites is 1. The third kappa shape index (κ3) is 2.72. The van der Waals surface area contributed by atoms with Gasteiger partial charge in [-0.15, -0.1) is 0 Å². The number of ether oxygens (including phenoxy) is 1. The van der Waals surface area contributed by atoms with Crippen LogP contribution in [0.25, 0.3) is 10.9 Å². The molecule has 1 heterocycles. The van der Waals surface area contributed by atoms with Gasteiger partial charge in [0.1, 0.15) is 11.3 Å². The fraction of sp³-hybridized carbons (Fsp3) is 0.308. The van der Waals surface area contributed by atoms with Gasteiger partial charge in [-0.1, -0.05) is 12.1 Å². The second-order valence-electron chi connectivity index (χ2n) is 4.29. The lowest BCUT2D eigenvalue weighted by Crippen LogP contribution is -2.19. The number of aryl methyl sites for hydroxylation is 1. The predicted octanol–water partition coefficient (Wildman–Crippen LogP) is 3.37. The predicted molar refractivity (Wildman–Crippen MR) is 67.2 cm³/mol. The fourth-order valence-corrected chi connectivity index (χ4v) is 1.78. The minimum absolute atomic E-state index is 0.0876. The van der Waals surface area contributed by atoms with Crippen LogP contribution in [0.2, 0.25) is 0 Å². The Morgan fingerprint density at radius 3 is 2.58 bits per heavy atom. The lowest BCUT2D eigenvalue weighted by Gasteiger charge is -2.13. The molecule has 102 valence electrons. The standard InChI is InChI=1S/C13H13F3N2O/c1-7-8(2)18-12-9(11(7)17)4-3-5-10(12)19-6-13(14,15)16/h3-5H,6H2,1-2H3,(H2,17,18). The molecule has 0 fully saturated rings. The summed E-state index contributed by atoms with van der Waals surface area (Å²) in [5.41, 5.74) is 8.31. The number of hydrogen-bond acceptors (Lipinski definition) is 3. The molecule has 0 aliphatic carbocycles. The molecule has 0 aliphatic rings. The number of pyridine rings is 1. The number of nitrogens with two attached hydrogens (primary N) is 1. The van der Waals surface area contributed by atoms with Crippen molar-refractivity contribution in [2.45, 2.75) is 20.0 Å². The highest BCUT2D eigenvalue weighted by molar-refractivity contribution is 5.95. The number of alkyl halides is 3. The highest BCUT2D eigenvalue weighted by Crippen LogP contribution is 2.31. The van der Waals surface area contributed by atoms with E-state index < -0.39 is 12.8 Å². The van der Waals surface area contributed by atoms with Crippen LogP contribution < -0.4 is 10.5 Å². The van der Waals surface area contributed by atoms with Gasteiger partial charge in [-0.05, 0) is 25.5 Å². The molecule has 1 aromatic heterocycles. The Labute approximate surface area is 108 Å². The molecule has 0 saturated heterocycles. The molecule has 3 nitrogen and oxygen atoms in total. The van der Waals surface area contributed by atoms with Crippen LogP contribution in [-0.4, -0.2) is 17.8 Å². The normalized spacial score (nSPS) is 11.8. The van der Waals surface area contributed by atoms with Crippen molar-refractivity contribution in [3.63, 3.8) is 0 Å². The van der Waals surface area contributed by atoms with E-state index in [-0.39, 0.29) is 5.75 Å². The summed E-state index contributed by atoms with van der Waals surface area (Å²) in [6.45, 7) is 2.23. The minimum atomic E-state index is -4.38. The van der Waals surface area contributed by atoms with Crippen LogP contribution in [0, 0.1) is 13.8 Å². The number of rotatable bonds is 2. The molecule has 0 spiro atoms. The highest BCUT2D eigenvalue weighted by atomic mass is 19.4. The summed E-state index contributed by atoms with van der Waals surface area (Å²) in [5.74, 6) is 0.0876. The summed E-state index contributed by atoms with van der Waals surface area (Å²) in [6.07, 6.45) is -4.38. The first-order valence-electron chi connectivity index (χ1n) is 5.64. The lowest BCUT2D eigenvalue weighted by molar-refractivity contribution is -0.153. The smallest absolute Gasteiger partial charge is 0.422 e. The summed E-state index contributed by atoms with van der Waals surface area (Å²) in [7, 11) is 0. The third-order valence-corrected chi connectivity index (χ3v) is 2.91. The monoisotopic (exact) mass is 270 g/mol. The third-order valence-electron chi connectivity index (χ3n) is 2.91. The largest absolute Gasteiger partial charge is 0.482 e. The summed E-state index contributed by atoms with van der Waals surface area (Å²) in [6, 6.07) is 4.76. The van der Waals surface area contributed by atoms with E-state index in [1.807, 2.05) is 6.92 Å². The molecule has 0 radical (unpaired) electrons. The van der Waals surface area contributed by atoms with Crippen LogP contribution >= 0.6 is 0 Å². The molecule has 6 heteroatoms. The molecule has 2 aromatic rings. The van der Waals surface area contributed by atoms with Gasteiger partial charge < -0.3 is 10.5 Å². The van der Waals surface area contributed by atoms with Gasteiger partial charge in [-0.25, -0.2) is 4.98 Å². The van der Waals surface area contributed by atoms with E-state index in [0.717, 1.165) is 5.56 Å². The average molecular weight is 270 g/mol. The van der Waals surface area contributed by atoms with Crippen LogP contribution in [0.4, 0.5) is 18.9 Å². The molecule has 0 unspecified atom stereocenters. The molecular weight excluding hydrogens is 257 g/mol. The van der Waals surface area contributed by atoms with E-state index in [2.05, 4.69) is 4.98 Å². The molecular formula is C13H13F3N2O. The number of hydrogen-bond donors (Lipinski definition) is 1. The van der Waals surface area contributed by atoms with Crippen molar-refractivity contribution in [2.24, 2.45) is 0 Å². The molecule has 2 rings (SSSR count). The summed E-state index contributed by atoms with van der Waals surface area (Å²) >= 11 is 0. The Kier molecular flexibility index (Phi) is 3.26. The van der Waals surface area contributed by atoms with Crippen LogP contribution in [0.1, 0.15) is 11.3 Å². The van der Waals surface area contributed by atoms with Gasteiger partial charge in [0.05, 0.1) is 0 Å². The van der Waals surface area contributed by atoms with Crippen molar-refractivity contribution in [2.75, 3.05) is 12.3 Å². The van der Waals surface area contributed by atoms with E-state index in [1.54, 1.807) is 19.1 Å². The first kappa shape index (κ1) is 13.5. The topological polar surface area (TPSA) is 48.1 Å². The maximum absolute atomic E-state index is 12.2. The summed E-state index contributed by atoms with van der Waals surface area (Å²) < 4.78 is 41.4. The van der Waals surface area contributed by atoms with Gasteiger partial charge in [0.15, 0.2) is 6.61 Å². The molecule has 0 atom stereocenters. The van der Waals surface area contributed by atoms with Gasteiger partial charge in [-0.3, -0.25) is 0 Å². The average Bonchev–Trinajstić information content (AvgIpc) is 2.33. The molecule has 0 saturated carbocycles. The van der Waals surface area contributed by atoms with Gasteiger partial charge in [0.2, 0.25) is 0 Å². The summed E-state index contributed by atoms with van der Waals surface area (Å²) in [5, 5.41) is 0.600. The molecule has 1 aromatic carbocycles. The van der Waals surface area contributed by atoms with Gasteiger partial charge >= 0.3 is 6.18 Å². The number of halogens is 3. The van der Waals surface area contributed by atoms with Crippen molar-refractivity contribution >= 4 is 16.6 Å². The van der Waals surface area contributed by atoms with Crippen molar-refractivity contribution in [3.8, 4) is 5.75 Å². The van der Waals surface area contributed by atoms with Crippen LogP contribution in [0.5, 0.6) is 5.75 Å². The number of fused-ring (bicyclic) bond motifs is 1. The van der Waals surface area contributed by atoms with E-state index in [1.165, 1.54) is 6.07 Å². The number of nitrogens with zero attached hydrogens (tertiary/aromatic N) is 1. The molecule has 19 heavy (non-hydrogen) atoms. The maximum atomic E-state index is 12.2. The molecule has 0 amide bonds. The fourth-order valence-electron chi connectivity index (χ4n) is 1.78. The zero-order valence-corrected chi connectivity index (χ0v) is 10.5. The Morgan fingerprint density at radius 2 is 1.95 bits per heavy atom. The zero-order valence-electron chi connectivity index (χ0n) is 10.5.